The van der Waals surface area contributed by atoms with Gasteiger partial charge in [-0.2, -0.15) is 11.8 Å². The van der Waals surface area contributed by atoms with Crippen LogP contribution in [0.4, 0.5) is 0 Å². The SMILES string of the molecule is CSCC[C@H](N)CSSC[C@@H](Cc1ccccc1)C(=O)N[C@@H](C)C(=O)OCc1ccccc1. The van der Waals surface area contributed by atoms with Crippen molar-refractivity contribution >= 4 is 45.2 Å². The van der Waals surface area contributed by atoms with Crippen molar-refractivity contribution in [2.75, 3.05) is 23.5 Å². The first kappa shape index (κ1) is 27.6. The predicted octanol–water partition coefficient (Wildman–Crippen LogP) is 4.56. The van der Waals surface area contributed by atoms with Gasteiger partial charge in [0, 0.05) is 17.5 Å². The lowest BCUT2D eigenvalue weighted by molar-refractivity contribution is -0.148. The number of thioether (sulfide) groups is 1. The summed E-state index contributed by atoms with van der Waals surface area (Å²) in [5.74, 6) is 1.73. The largest absolute Gasteiger partial charge is 0.459 e. The predicted molar refractivity (Wildman–Crippen MR) is 143 cm³/mol. The van der Waals surface area contributed by atoms with Gasteiger partial charge in [-0.3, -0.25) is 4.79 Å². The molecule has 0 saturated heterocycles. The van der Waals surface area contributed by atoms with Gasteiger partial charge < -0.3 is 15.8 Å². The summed E-state index contributed by atoms with van der Waals surface area (Å²) >= 11 is 1.80. The smallest absolute Gasteiger partial charge is 0.328 e. The zero-order valence-electron chi connectivity index (χ0n) is 19.3. The minimum atomic E-state index is -0.711. The van der Waals surface area contributed by atoms with Crippen molar-refractivity contribution in [2.45, 2.75) is 38.5 Å². The zero-order chi connectivity index (χ0) is 23.9. The number of carbonyl (C=O) groups excluding carboxylic acids is 2. The summed E-state index contributed by atoms with van der Waals surface area (Å²) in [6, 6.07) is 18.9. The molecule has 0 aliphatic heterocycles. The van der Waals surface area contributed by atoms with E-state index >= 15 is 0 Å². The number of ether oxygens (including phenoxy) is 1. The Morgan fingerprint density at radius 1 is 0.970 bits per heavy atom. The third-order valence-electron chi connectivity index (χ3n) is 4.96. The van der Waals surface area contributed by atoms with Gasteiger partial charge in [0.1, 0.15) is 12.6 Å². The molecule has 180 valence electrons. The number of benzene rings is 2. The highest BCUT2D eigenvalue weighted by molar-refractivity contribution is 8.76. The van der Waals surface area contributed by atoms with Crippen molar-refractivity contribution in [3.8, 4) is 0 Å². The molecule has 0 aromatic heterocycles. The molecule has 2 aromatic rings. The van der Waals surface area contributed by atoms with Crippen molar-refractivity contribution in [1.82, 2.24) is 5.32 Å². The molecule has 0 bridgehead atoms. The molecular formula is C25H34N2O3S3. The van der Waals surface area contributed by atoms with Crippen LogP contribution in [0.5, 0.6) is 0 Å². The molecule has 33 heavy (non-hydrogen) atoms. The van der Waals surface area contributed by atoms with E-state index in [1.165, 1.54) is 0 Å². The molecule has 2 aromatic carbocycles. The third kappa shape index (κ3) is 11.4. The molecule has 5 nitrogen and oxygen atoms in total. The van der Waals surface area contributed by atoms with Crippen LogP contribution in [0.2, 0.25) is 0 Å². The van der Waals surface area contributed by atoms with E-state index in [1.807, 2.05) is 60.7 Å². The Hall–Kier alpha value is -1.61. The van der Waals surface area contributed by atoms with Crippen LogP contribution in [0.25, 0.3) is 0 Å². The second-order valence-corrected chi connectivity index (χ2v) is 11.4. The number of nitrogens with two attached hydrogens (primary N) is 1. The summed E-state index contributed by atoms with van der Waals surface area (Å²) in [6.45, 7) is 1.86. The molecule has 8 heteroatoms. The fourth-order valence-electron chi connectivity index (χ4n) is 2.99. The molecule has 0 aliphatic rings. The number of carbonyl (C=O) groups is 2. The monoisotopic (exact) mass is 506 g/mol. The maximum Gasteiger partial charge on any atom is 0.328 e. The highest BCUT2D eigenvalue weighted by atomic mass is 33.1. The molecule has 1 amide bonds. The Morgan fingerprint density at radius 3 is 2.21 bits per heavy atom. The van der Waals surface area contributed by atoms with Crippen LogP contribution in [0.15, 0.2) is 60.7 Å². The maximum atomic E-state index is 13.0. The summed E-state index contributed by atoms with van der Waals surface area (Å²) in [4.78, 5) is 25.4. The Bertz CT molecular complexity index is 824. The van der Waals surface area contributed by atoms with Crippen LogP contribution in [0.1, 0.15) is 24.5 Å². The number of nitrogens with one attached hydrogen (secondary N) is 1. The van der Waals surface area contributed by atoms with Crippen LogP contribution in [-0.2, 0) is 27.4 Å². The summed E-state index contributed by atoms with van der Waals surface area (Å²) in [5.41, 5.74) is 8.16. The first-order valence-corrected chi connectivity index (χ1v) is 14.9. The van der Waals surface area contributed by atoms with E-state index in [4.69, 9.17) is 10.5 Å². The molecule has 3 N–H and O–H groups in total. The van der Waals surface area contributed by atoms with Crippen molar-refractivity contribution in [3.05, 3.63) is 71.8 Å². The Balaban J connectivity index is 1.86. The van der Waals surface area contributed by atoms with Gasteiger partial charge in [-0.25, -0.2) is 4.79 Å². The topological polar surface area (TPSA) is 81.4 Å². The molecule has 3 atom stereocenters. The highest BCUT2D eigenvalue weighted by Crippen LogP contribution is 2.27. The fourth-order valence-corrected chi connectivity index (χ4v) is 6.09. The van der Waals surface area contributed by atoms with Gasteiger partial charge in [-0.05, 0) is 42.9 Å². The van der Waals surface area contributed by atoms with Gasteiger partial charge in [0.25, 0.3) is 0 Å². The van der Waals surface area contributed by atoms with Crippen molar-refractivity contribution in [3.63, 3.8) is 0 Å². The summed E-state index contributed by atoms with van der Waals surface area (Å²) in [7, 11) is 3.38. The molecule has 0 unspecified atom stereocenters. The van der Waals surface area contributed by atoms with Crippen molar-refractivity contribution in [2.24, 2.45) is 11.7 Å². The van der Waals surface area contributed by atoms with E-state index < -0.39 is 12.0 Å². The van der Waals surface area contributed by atoms with Gasteiger partial charge in [0.2, 0.25) is 5.91 Å². The number of esters is 1. The normalized spacial score (nSPS) is 13.7. The molecule has 0 radical (unpaired) electrons. The average molecular weight is 507 g/mol. The lowest BCUT2D eigenvalue weighted by Gasteiger charge is -2.20. The Labute approximate surface area is 209 Å². The summed E-state index contributed by atoms with van der Waals surface area (Å²) < 4.78 is 5.37. The lowest BCUT2D eigenvalue weighted by Crippen LogP contribution is -2.43. The van der Waals surface area contributed by atoms with Crippen molar-refractivity contribution < 1.29 is 14.3 Å². The lowest BCUT2D eigenvalue weighted by atomic mass is 10.00. The van der Waals surface area contributed by atoms with E-state index in [1.54, 1.807) is 40.3 Å². The number of hydrogen-bond acceptors (Lipinski definition) is 7. The van der Waals surface area contributed by atoms with Crippen LogP contribution < -0.4 is 11.1 Å². The quantitative estimate of drug-likeness (QED) is 0.208. The number of rotatable bonds is 15. The maximum absolute atomic E-state index is 13.0. The summed E-state index contributed by atoms with van der Waals surface area (Å²) in [6.07, 6.45) is 3.69. The molecule has 0 spiro atoms. The van der Waals surface area contributed by atoms with E-state index in [0.29, 0.717) is 12.2 Å². The molecular weight excluding hydrogens is 472 g/mol. The minimum Gasteiger partial charge on any atom is -0.459 e. The number of amides is 1. The van der Waals surface area contributed by atoms with Crippen LogP contribution in [0.3, 0.4) is 0 Å². The minimum absolute atomic E-state index is 0.136. The van der Waals surface area contributed by atoms with E-state index in [-0.39, 0.29) is 24.5 Å². The molecule has 0 fully saturated rings. The first-order valence-electron chi connectivity index (χ1n) is 11.0. The van der Waals surface area contributed by atoms with Gasteiger partial charge in [-0.15, -0.1) is 0 Å². The second-order valence-electron chi connectivity index (χ2n) is 7.82. The Morgan fingerprint density at radius 2 is 1.58 bits per heavy atom. The standard InChI is InChI=1S/C25H34N2O3S3/c1-19(25(29)30-16-21-11-7-4-8-12-21)27-24(28)22(15-20-9-5-3-6-10-20)17-32-33-18-23(26)13-14-31-2/h3-12,19,22-23H,13-18,26H2,1-2H3,(H,27,28)/t19-,22+,23-/m0/s1. The van der Waals surface area contributed by atoms with Gasteiger partial charge in [0.15, 0.2) is 0 Å². The Kier molecular flexibility index (Phi) is 13.5. The first-order chi connectivity index (χ1) is 16.0. The number of hydrogen-bond donors (Lipinski definition) is 2. The van der Waals surface area contributed by atoms with Gasteiger partial charge in [0.05, 0.1) is 5.92 Å². The third-order valence-corrected chi connectivity index (χ3v) is 8.19. The average Bonchev–Trinajstić information content (AvgIpc) is 2.84. The zero-order valence-corrected chi connectivity index (χ0v) is 21.7. The fraction of sp³-hybridized carbons (Fsp3) is 0.440. The molecule has 0 aliphatic carbocycles. The molecule has 0 saturated carbocycles. The van der Waals surface area contributed by atoms with E-state index in [9.17, 15) is 9.59 Å². The second kappa shape index (κ2) is 16.1. The highest BCUT2D eigenvalue weighted by Gasteiger charge is 2.24. The molecule has 0 heterocycles. The summed E-state index contributed by atoms with van der Waals surface area (Å²) in [5, 5.41) is 2.85. The van der Waals surface area contributed by atoms with Crippen LogP contribution in [0, 0.1) is 5.92 Å². The van der Waals surface area contributed by atoms with Crippen molar-refractivity contribution in [1.29, 1.82) is 0 Å². The van der Waals surface area contributed by atoms with Crippen LogP contribution >= 0.6 is 33.3 Å². The van der Waals surface area contributed by atoms with E-state index in [2.05, 4.69) is 11.6 Å². The van der Waals surface area contributed by atoms with Crippen LogP contribution in [-0.4, -0.2) is 47.5 Å². The van der Waals surface area contributed by atoms with Gasteiger partial charge >= 0.3 is 5.97 Å². The van der Waals surface area contributed by atoms with E-state index in [0.717, 1.165) is 29.1 Å². The molecule has 2 rings (SSSR count). The van der Waals surface area contributed by atoms with Gasteiger partial charge in [-0.1, -0.05) is 82.3 Å².